The number of hydrogen-bond donors (Lipinski definition) is 1. The number of hydrogen-bond acceptors (Lipinski definition) is 7. The van der Waals surface area contributed by atoms with Crippen molar-refractivity contribution >= 4 is 17.0 Å². The van der Waals surface area contributed by atoms with E-state index in [2.05, 4.69) is 41.0 Å². The number of nitrogens with one attached hydrogen (secondary N) is 1. The fourth-order valence-corrected chi connectivity index (χ4v) is 3.17. The van der Waals surface area contributed by atoms with Crippen molar-refractivity contribution in [2.75, 3.05) is 32.2 Å². The molecule has 166 valence electrons. The molecule has 0 bridgehead atoms. The van der Waals surface area contributed by atoms with E-state index in [1.54, 1.807) is 30.1 Å². The Morgan fingerprint density at radius 3 is 2.61 bits per heavy atom. The standard InChI is InChI=1S/C23H31N5O3/c1-5-11-31-12-10-28-19-13-18(17-6-7-20(30-4)25-14-17)15-26-21(19)27-22(23(28)29)24-9-8-16(2)3/h6-7,13-16H,5,8-12H2,1-4H3,(H,24,26,27). The molecule has 8 nitrogen and oxygen atoms in total. The van der Waals surface area contributed by atoms with Crippen molar-refractivity contribution in [3.63, 3.8) is 0 Å². The van der Waals surface area contributed by atoms with Gasteiger partial charge < -0.3 is 14.8 Å². The largest absolute Gasteiger partial charge is 0.481 e. The lowest BCUT2D eigenvalue weighted by Crippen LogP contribution is -2.28. The number of fused-ring (bicyclic) bond motifs is 1. The van der Waals surface area contributed by atoms with Crippen molar-refractivity contribution in [1.82, 2.24) is 19.5 Å². The van der Waals surface area contributed by atoms with E-state index in [-0.39, 0.29) is 5.56 Å². The summed E-state index contributed by atoms with van der Waals surface area (Å²) in [6.45, 7) is 8.59. The number of rotatable bonds is 11. The highest BCUT2D eigenvalue weighted by atomic mass is 16.5. The van der Waals surface area contributed by atoms with Crippen molar-refractivity contribution < 1.29 is 9.47 Å². The first-order valence-corrected chi connectivity index (χ1v) is 10.8. The molecule has 0 aliphatic rings. The Morgan fingerprint density at radius 2 is 1.94 bits per heavy atom. The fraction of sp³-hybridized carbons (Fsp3) is 0.478. The Hall–Kier alpha value is -3.00. The average Bonchev–Trinajstić information content (AvgIpc) is 2.78. The highest BCUT2D eigenvalue weighted by Crippen LogP contribution is 2.23. The molecular weight excluding hydrogens is 394 g/mol. The zero-order valence-electron chi connectivity index (χ0n) is 18.7. The van der Waals surface area contributed by atoms with Gasteiger partial charge in [0, 0.05) is 49.3 Å². The maximum atomic E-state index is 13.2. The molecule has 0 saturated carbocycles. The molecule has 0 amide bonds. The van der Waals surface area contributed by atoms with E-state index in [1.165, 1.54) is 0 Å². The lowest BCUT2D eigenvalue weighted by Gasteiger charge is -2.14. The molecule has 0 aromatic carbocycles. The summed E-state index contributed by atoms with van der Waals surface area (Å²) in [6, 6.07) is 5.64. The van der Waals surface area contributed by atoms with Crippen molar-refractivity contribution in [2.45, 2.75) is 40.2 Å². The van der Waals surface area contributed by atoms with Crippen molar-refractivity contribution in [3.05, 3.63) is 40.9 Å². The first-order chi connectivity index (χ1) is 15.0. The quantitative estimate of drug-likeness (QED) is 0.468. The maximum Gasteiger partial charge on any atom is 0.293 e. The first kappa shape index (κ1) is 22.7. The van der Waals surface area contributed by atoms with Crippen LogP contribution in [0.4, 0.5) is 5.82 Å². The summed E-state index contributed by atoms with van der Waals surface area (Å²) in [7, 11) is 1.58. The van der Waals surface area contributed by atoms with Crippen LogP contribution in [0.5, 0.6) is 5.88 Å². The maximum absolute atomic E-state index is 13.2. The second kappa shape index (κ2) is 10.9. The number of pyridine rings is 2. The molecule has 31 heavy (non-hydrogen) atoms. The highest BCUT2D eigenvalue weighted by molar-refractivity contribution is 5.78. The van der Waals surface area contributed by atoms with Gasteiger partial charge in [-0.25, -0.2) is 15.0 Å². The number of anilines is 1. The third-order valence-electron chi connectivity index (χ3n) is 4.90. The Bertz CT molecular complexity index is 1050. The van der Waals surface area contributed by atoms with Crippen LogP contribution < -0.4 is 15.6 Å². The highest BCUT2D eigenvalue weighted by Gasteiger charge is 2.13. The van der Waals surface area contributed by atoms with E-state index in [9.17, 15) is 4.79 Å². The molecule has 0 spiro atoms. The second-order valence-electron chi connectivity index (χ2n) is 7.79. The minimum Gasteiger partial charge on any atom is -0.481 e. The van der Waals surface area contributed by atoms with Crippen LogP contribution in [0.15, 0.2) is 35.4 Å². The van der Waals surface area contributed by atoms with Gasteiger partial charge in [0.2, 0.25) is 5.88 Å². The lowest BCUT2D eigenvalue weighted by atomic mass is 10.1. The van der Waals surface area contributed by atoms with Gasteiger partial charge >= 0.3 is 0 Å². The molecule has 1 N–H and O–H groups in total. The fourth-order valence-electron chi connectivity index (χ4n) is 3.17. The molecule has 3 aromatic rings. The lowest BCUT2D eigenvalue weighted by molar-refractivity contribution is 0.127. The summed E-state index contributed by atoms with van der Waals surface area (Å²) in [5, 5.41) is 3.19. The van der Waals surface area contributed by atoms with E-state index in [0.717, 1.165) is 24.0 Å². The monoisotopic (exact) mass is 425 g/mol. The predicted molar refractivity (Wildman–Crippen MR) is 123 cm³/mol. The van der Waals surface area contributed by atoms with E-state index in [0.29, 0.717) is 55.1 Å². The van der Waals surface area contributed by atoms with Crippen LogP contribution in [0, 0.1) is 5.92 Å². The van der Waals surface area contributed by atoms with Crippen molar-refractivity contribution in [3.8, 4) is 17.0 Å². The Labute approximate surface area is 182 Å². The SMILES string of the molecule is CCCOCCn1c(=O)c(NCCC(C)C)nc2ncc(-c3ccc(OC)nc3)cc21. The molecular formula is C23H31N5O3. The number of nitrogens with zero attached hydrogens (tertiary/aromatic N) is 4. The van der Waals surface area contributed by atoms with Gasteiger partial charge in [-0.3, -0.25) is 9.36 Å². The summed E-state index contributed by atoms with van der Waals surface area (Å²) in [5.41, 5.74) is 2.77. The number of methoxy groups -OCH3 is 1. The molecule has 0 atom stereocenters. The van der Waals surface area contributed by atoms with Gasteiger partial charge in [-0.1, -0.05) is 20.8 Å². The van der Waals surface area contributed by atoms with Crippen LogP contribution in [0.3, 0.4) is 0 Å². The third kappa shape index (κ3) is 5.79. The van der Waals surface area contributed by atoms with Gasteiger partial charge in [0.15, 0.2) is 11.5 Å². The second-order valence-corrected chi connectivity index (χ2v) is 7.79. The topological polar surface area (TPSA) is 91.2 Å². The minimum absolute atomic E-state index is 0.164. The molecule has 0 saturated heterocycles. The van der Waals surface area contributed by atoms with Gasteiger partial charge in [0.25, 0.3) is 5.56 Å². The van der Waals surface area contributed by atoms with Gasteiger partial charge in [-0.15, -0.1) is 0 Å². The third-order valence-corrected chi connectivity index (χ3v) is 4.90. The minimum atomic E-state index is -0.164. The summed E-state index contributed by atoms with van der Waals surface area (Å²) >= 11 is 0. The Balaban J connectivity index is 1.99. The van der Waals surface area contributed by atoms with E-state index >= 15 is 0 Å². The van der Waals surface area contributed by atoms with Gasteiger partial charge in [-0.05, 0) is 30.9 Å². The Morgan fingerprint density at radius 1 is 1.13 bits per heavy atom. The van der Waals surface area contributed by atoms with Gasteiger partial charge in [0.05, 0.1) is 19.2 Å². The zero-order chi connectivity index (χ0) is 22.2. The average molecular weight is 426 g/mol. The molecule has 3 rings (SSSR count). The normalized spacial score (nSPS) is 11.3. The van der Waals surface area contributed by atoms with Crippen LogP contribution >= 0.6 is 0 Å². The summed E-state index contributed by atoms with van der Waals surface area (Å²) < 4.78 is 12.5. The summed E-state index contributed by atoms with van der Waals surface area (Å²) in [6.07, 6.45) is 5.36. The van der Waals surface area contributed by atoms with Crippen LogP contribution in [0.25, 0.3) is 22.3 Å². The Kier molecular flexibility index (Phi) is 7.94. The van der Waals surface area contributed by atoms with E-state index in [4.69, 9.17) is 9.47 Å². The summed E-state index contributed by atoms with van der Waals surface area (Å²) in [4.78, 5) is 26.5. The molecule has 3 aromatic heterocycles. The number of ether oxygens (including phenoxy) is 2. The van der Waals surface area contributed by atoms with Crippen LogP contribution in [-0.2, 0) is 11.3 Å². The molecule has 8 heteroatoms. The van der Waals surface area contributed by atoms with Crippen LogP contribution in [-0.4, -0.2) is 46.4 Å². The molecule has 0 fully saturated rings. The molecule has 3 heterocycles. The van der Waals surface area contributed by atoms with Crippen LogP contribution in [0.1, 0.15) is 33.6 Å². The molecule has 0 radical (unpaired) electrons. The predicted octanol–water partition coefficient (Wildman–Crippen LogP) is 3.75. The smallest absolute Gasteiger partial charge is 0.293 e. The zero-order valence-corrected chi connectivity index (χ0v) is 18.7. The molecule has 0 aliphatic heterocycles. The van der Waals surface area contributed by atoms with Crippen molar-refractivity contribution in [1.29, 1.82) is 0 Å². The molecule has 0 unspecified atom stereocenters. The van der Waals surface area contributed by atoms with Crippen LogP contribution in [0.2, 0.25) is 0 Å². The number of aromatic nitrogens is 4. The van der Waals surface area contributed by atoms with E-state index in [1.807, 2.05) is 12.1 Å². The summed E-state index contributed by atoms with van der Waals surface area (Å²) in [5.74, 6) is 1.41. The van der Waals surface area contributed by atoms with Gasteiger partial charge in [0.1, 0.15) is 0 Å². The van der Waals surface area contributed by atoms with Gasteiger partial charge in [-0.2, -0.15) is 0 Å². The van der Waals surface area contributed by atoms with E-state index < -0.39 is 0 Å². The first-order valence-electron chi connectivity index (χ1n) is 10.8. The molecule has 0 aliphatic carbocycles. The van der Waals surface area contributed by atoms with Crippen molar-refractivity contribution in [2.24, 2.45) is 5.92 Å².